The fourth-order valence-corrected chi connectivity index (χ4v) is 1.89. The van der Waals surface area contributed by atoms with Gasteiger partial charge in [0.05, 0.1) is 13.2 Å². The Balaban J connectivity index is 2.19. The van der Waals surface area contributed by atoms with Gasteiger partial charge in [0.15, 0.2) is 0 Å². The number of hydrogen-bond donors (Lipinski definition) is 1. The molecule has 1 aromatic heterocycles. The summed E-state index contributed by atoms with van der Waals surface area (Å²) in [6.45, 7) is 9.57. The van der Waals surface area contributed by atoms with E-state index in [1.165, 1.54) is 0 Å². The first kappa shape index (κ1) is 13.7. The highest BCUT2D eigenvalue weighted by molar-refractivity contribution is 5.37. The van der Waals surface area contributed by atoms with Crippen molar-refractivity contribution in [2.24, 2.45) is 0 Å². The SMILES string of the molecule is C=CCNc1nc(CCC)nc(N2CCOCC2)n1. The molecular weight excluding hydrogens is 242 g/mol. The molecule has 1 aromatic rings. The number of rotatable bonds is 6. The molecule has 2 rings (SSSR count). The summed E-state index contributed by atoms with van der Waals surface area (Å²) in [6.07, 6.45) is 3.67. The van der Waals surface area contributed by atoms with E-state index in [2.05, 4.69) is 38.7 Å². The van der Waals surface area contributed by atoms with Crippen LogP contribution in [0.2, 0.25) is 0 Å². The summed E-state index contributed by atoms with van der Waals surface area (Å²) in [5, 5.41) is 3.13. The van der Waals surface area contributed by atoms with Gasteiger partial charge in [-0.1, -0.05) is 13.0 Å². The summed E-state index contributed by atoms with van der Waals surface area (Å²) >= 11 is 0. The molecule has 0 aromatic carbocycles. The Bertz CT molecular complexity index is 417. The molecule has 1 aliphatic heterocycles. The summed E-state index contributed by atoms with van der Waals surface area (Å²) in [4.78, 5) is 15.6. The minimum atomic E-state index is 0.625. The van der Waals surface area contributed by atoms with Gasteiger partial charge in [0.2, 0.25) is 11.9 Å². The van der Waals surface area contributed by atoms with E-state index in [9.17, 15) is 0 Å². The van der Waals surface area contributed by atoms with Crippen LogP contribution >= 0.6 is 0 Å². The van der Waals surface area contributed by atoms with Gasteiger partial charge in [-0.3, -0.25) is 0 Å². The van der Waals surface area contributed by atoms with Gasteiger partial charge in [-0.15, -0.1) is 6.58 Å². The van der Waals surface area contributed by atoms with Gasteiger partial charge in [-0.05, 0) is 6.42 Å². The van der Waals surface area contributed by atoms with Crippen LogP contribution in [-0.4, -0.2) is 47.8 Å². The van der Waals surface area contributed by atoms with Crippen molar-refractivity contribution in [1.29, 1.82) is 0 Å². The third kappa shape index (κ3) is 3.89. The topological polar surface area (TPSA) is 63.2 Å². The van der Waals surface area contributed by atoms with Gasteiger partial charge < -0.3 is 15.0 Å². The maximum atomic E-state index is 5.35. The van der Waals surface area contributed by atoms with E-state index in [1.807, 2.05) is 0 Å². The quantitative estimate of drug-likeness (QED) is 0.780. The standard InChI is InChI=1S/C13H21N5O/c1-3-5-11-15-12(14-6-4-2)17-13(16-11)18-7-9-19-10-8-18/h4H,2-3,5-10H2,1H3,(H,14,15,16,17). The molecular formula is C13H21N5O. The van der Waals surface area contributed by atoms with Crippen molar-refractivity contribution in [3.8, 4) is 0 Å². The molecule has 104 valence electrons. The molecule has 2 heterocycles. The lowest BCUT2D eigenvalue weighted by Crippen LogP contribution is -2.37. The van der Waals surface area contributed by atoms with E-state index >= 15 is 0 Å². The molecule has 0 unspecified atom stereocenters. The fraction of sp³-hybridized carbons (Fsp3) is 0.615. The molecule has 0 radical (unpaired) electrons. The summed E-state index contributed by atoms with van der Waals surface area (Å²) in [6, 6.07) is 0. The highest BCUT2D eigenvalue weighted by Crippen LogP contribution is 2.13. The van der Waals surface area contributed by atoms with E-state index < -0.39 is 0 Å². The van der Waals surface area contributed by atoms with Crippen molar-refractivity contribution in [2.75, 3.05) is 43.1 Å². The summed E-state index contributed by atoms with van der Waals surface area (Å²) < 4.78 is 5.35. The molecule has 19 heavy (non-hydrogen) atoms. The number of morpholine rings is 1. The lowest BCUT2D eigenvalue weighted by molar-refractivity contribution is 0.122. The minimum absolute atomic E-state index is 0.625. The van der Waals surface area contributed by atoms with E-state index in [-0.39, 0.29) is 0 Å². The molecule has 1 aliphatic rings. The lowest BCUT2D eigenvalue weighted by atomic mass is 10.3. The second kappa shape index (κ2) is 7.04. The highest BCUT2D eigenvalue weighted by Gasteiger charge is 2.16. The Labute approximate surface area is 113 Å². The average Bonchev–Trinajstić information content (AvgIpc) is 2.46. The Kier molecular flexibility index (Phi) is 5.09. The normalized spacial score (nSPS) is 15.3. The number of nitrogens with zero attached hydrogens (tertiary/aromatic N) is 4. The molecule has 1 N–H and O–H groups in total. The number of aryl methyl sites for hydroxylation is 1. The average molecular weight is 263 g/mol. The first-order chi connectivity index (χ1) is 9.33. The Morgan fingerprint density at radius 2 is 2.11 bits per heavy atom. The van der Waals surface area contributed by atoms with Crippen LogP contribution in [0.1, 0.15) is 19.2 Å². The first-order valence-corrected chi connectivity index (χ1v) is 6.76. The zero-order valence-electron chi connectivity index (χ0n) is 11.4. The van der Waals surface area contributed by atoms with Gasteiger partial charge in [0, 0.05) is 26.1 Å². The van der Waals surface area contributed by atoms with Crippen LogP contribution in [0.25, 0.3) is 0 Å². The monoisotopic (exact) mass is 263 g/mol. The van der Waals surface area contributed by atoms with Crippen LogP contribution in [0.5, 0.6) is 0 Å². The third-order valence-electron chi connectivity index (χ3n) is 2.84. The van der Waals surface area contributed by atoms with E-state index in [0.717, 1.165) is 50.9 Å². The zero-order chi connectivity index (χ0) is 13.5. The van der Waals surface area contributed by atoms with Gasteiger partial charge >= 0.3 is 0 Å². The van der Waals surface area contributed by atoms with Crippen LogP contribution in [-0.2, 0) is 11.2 Å². The van der Waals surface area contributed by atoms with Crippen LogP contribution in [0.15, 0.2) is 12.7 Å². The lowest BCUT2D eigenvalue weighted by Gasteiger charge is -2.27. The van der Waals surface area contributed by atoms with Crippen molar-refractivity contribution in [3.63, 3.8) is 0 Å². The maximum absolute atomic E-state index is 5.35. The molecule has 0 spiro atoms. The van der Waals surface area contributed by atoms with E-state index in [1.54, 1.807) is 6.08 Å². The van der Waals surface area contributed by atoms with Crippen LogP contribution in [0.4, 0.5) is 11.9 Å². The second-order valence-electron chi connectivity index (χ2n) is 4.39. The molecule has 1 saturated heterocycles. The Morgan fingerprint density at radius 1 is 1.32 bits per heavy atom. The van der Waals surface area contributed by atoms with Gasteiger partial charge in [-0.2, -0.15) is 15.0 Å². The van der Waals surface area contributed by atoms with Gasteiger partial charge in [0.1, 0.15) is 5.82 Å². The molecule has 0 amide bonds. The zero-order valence-corrected chi connectivity index (χ0v) is 11.4. The maximum Gasteiger partial charge on any atom is 0.230 e. The molecule has 0 aliphatic carbocycles. The van der Waals surface area contributed by atoms with Crippen molar-refractivity contribution in [1.82, 2.24) is 15.0 Å². The van der Waals surface area contributed by atoms with Crippen molar-refractivity contribution >= 4 is 11.9 Å². The van der Waals surface area contributed by atoms with Crippen molar-refractivity contribution < 1.29 is 4.74 Å². The Hall–Kier alpha value is -1.69. The predicted molar refractivity (Wildman–Crippen MR) is 75.5 cm³/mol. The number of aromatic nitrogens is 3. The molecule has 0 bridgehead atoms. The summed E-state index contributed by atoms with van der Waals surface area (Å²) in [5.41, 5.74) is 0. The number of hydrogen-bond acceptors (Lipinski definition) is 6. The number of anilines is 2. The smallest absolute Gasteiger partial charge is 0.230 e. The van der Waals surface area contributed by atoms with Gasteiger partial charge in [-0.25, -0.2) is 0 Å². The predicted octanol–water partition coefficient (Wildman–Crippen LogP) is 1.26. The third-order valence-corrected chi connectivity index (χ3v) is 2.84. The largest absolute Gasteiger partial charge is 0.378 e. The van der Waals surface area contributed by atoms with Crippen molar-refractivity contribution in [2.45, 2.75) is 19.8 Å². The fourth-order valence-electron chi connectivity index (χ4n) is 1.89. The van der Waals surface area contributed by atoms with Crippen LogP contribution < -0.4 is 10.2 Å². The minimum Gasteiger partial charge on any atom is -0.378 e. The first-order valence-electron chi connectivity index (χ1n) is 6.76. The van der Waals surface area contributed by atoms with E-state index in [4.69, 9.17) is 4.74 Å². The Morgan fingerprint density at radius 3 is 2.79 bits per heavy atom. The summed E-state index contributed by atoms with van der Waals surface area (Å²) in [5.74, 6) is 2.21. The van der Waals surface area contributed by atoms with Crippen LogP contribution in [0.3, 0.4) is 0 Å². The van der Waals surface area contributed by atoms with Crippen molar-refractivity contribution in [3.05, 3.63) is 18.5 Å². The second-order valence-corrected chi connectivity index (χ2v) is 4.39. The molecule has 1 fully saturated rings. The highest BCUT2D eigenvalue weighted by atomic mass is 16.5. The molecule has 0 saturated carbocycles. The van der Waals surface area contributed by atoms with Crippen LogP contribution in [0, 0.1) is 0 Å². The molecule has 0 atom stereocenters. The number of ether oxygens (including phenoxy) is 1. The summed E-state index contributed by atoms with van der Waals surface area (Å²) in [7, 11) is 0. The molecule has 6 nitrogen and oxygen atoms in total. The van der Waals surface area contributed by atoms with E-state index in [0.29, 0.717) is 12.5 Å². The van der Waals surface area contributed by atoms with Gasteiger partial charge in [0.25, 0.3) is 0 Å². The molecule has 6 heteroatoms. The number of nitrogens with one attached hydrogen (secondary N) is 1.